The third-order valence-electron chi connectivity index (χ3n) is 5.64. The van der Waals surface area contributed by atoms with Crippen LogP contribution in [0.3, 0.4) is 0 Å². The standard InChI is InChI=1S/C28H52O3/c1-5-6-7-8-9-10-11-12-13-14-15-16-17-18-19-20-21-22-23-31-28(29)27(4)25-30-24-26(2)3/h2,4-25H2,1,3H3. The summed E-state index contributed by atoms with van der Waals surface area (Å²) in [5.74, 6) is -0.339. The first-order chi connectivity index (χ1) is 15.1. The van der Waals surface area contributed by atoms with Crippen molar-refractivity contribution >= 4 is 5.97 Å². The molecule has 0 aliphatic carbocycles. The average Bonchev–Trinajstić information content (AvgIpc) is 2.74. The van der Waals surface area contributed by atoms with E-state index in [0.29, 0.717) is 18.8 Å². The molecule has 3 nitrogen and oxygen atoms in total. The van der Waals surface area contributed by atoms with Gasteiger partial charge in [0.1, 0.15) is 0 Å². The van der Waals surface area contributed by atoms with Crippen LogP contribution in [0.25, 0.3) is 0 Å². The first kappa shape index (κ1) is 29.9. The van der Waals surface area contributed by atoms with E-state index in [2.05, 4.69) is 20.1 Å². The van der Waals surface area contributed by atoms with Crippen LogP contribution < -0.4 is 0 Å². The minimum absolute atomic E-state index is 0.213. The van der Waals surface area contributed by atoms with Crippen molar-refractivity contribution in [1.29, 1.82) is 0 Å². The van der Waals surface area contributed by atoms with Gasteiger partial charge in [-0.3, -0.25) is 0 Å². The first-order valence-electron chi connectivity index (χ1n) is 13.1. The molecule has 0 amide bonds. The SMILES string of the molecule is C=C(C)COCC(=C)C(=O)OCCCCCCCCCCCCCCCCCCCC. The Morgan fingerprint density at radius 1 is 0.613 bits per heavy atom. The topological polar surface area (TPSA) is 35.5 Å². The Morgan fingerprint density at radius 2 is 1.00 bits per heavy atom. The number of unbranched alkanes of at least 4 members (excludes halogenated alkanes) is 17. The Balaban J connectivity index is 3.22. The van der Waals surface area contributed by atoms with Crippen molar-refractivity contribution < 1.29 is 14.3 Å². The third-order valence-corrected chi connectivity index (χ3v) is 5.64. The van der Waals surface area contributed by atoms with E-state index in [1.54, 1.807) is 0 Å². The van der Waals surface area contributed by atoms with Crippen molar-refractivity contribution in [3.05, 3.63) is 24.3 Å². The van der Waals surface area contributed by atoms with Crippen LogP contribution in [0.15, 0.2) is 24.3 Å². The molecule has 0 radical (unpaired) electrons. The highest BCUT2D eigenvalue weighted by molar-refractivity contribution is 5.87. The van der Waals surface area contributed by atoms with Crippen molar-refractivity contribution in [3.8, 4) is 0 Å². The molecule has 3 heteroatoms. The third kappa shape index (κ3) is 23.4. The molecule has 0 unspecified atom stereocenters. The van der Waals surface area contributed by atoms with Crippen LogP contribution in [0.5, 0.6) is 0 Å². The highest BCUT2D eigenvalue weighted by Gasteiger charge is 2.08. The summed E-state index contributed by atoms with van der Waals surface area (Å²) >= 11 is 0. The number of rotatable bonds is 24. The molecule has 0 atom stereocenters. The molecule has 0 aromatic rings. The molecule has 0 fully saturated rings. The van der Waals surface area contributed by atoms with Crippen molar-refractivity contribution in [2.24, 2.45) is 0 Å². The number of carbonyl (C=O) groups is 1. The van der Waals surface area contributed by atoms with E-state index in [0.717, 1.165) is 18.4 Å². The van der Waals surface area contributed by atoms with Gasteiger partial charge >= 0.3 is 5.97 Å². The number of ether oxygens (including phenoxy) is 2. The lowest BCUT2D eigenvalue weighted by Gasteiger charge is -2.08. The molecule has 0 rings (SSSR count). The quantitative estimate of drug-likeness (QED) is 0.0656. The minimum atomic E-state index is -0.339. The predicted molar refractivity (Wildman–Crippen MR) is 135 cm³/mol. The van der Waals surface area contributed by atoms with Crippen molar-refractivity contribution in [2.75, 3.05) is 19.8 Å². The van der Waals surface area contributed by atoms with Gasteiger partial charge in [-0.05, 0) is 13.3 Å². The molecule has 0 heterocycles. The second-order valence-corrected chi connectivity index (χ2v) is 9.20. The lowest BCUT2D eigenvalue weighted by Crippen LogP contribution is -2.13. The zero-order chi connectivity index (χ0) is 23.0. The minimum Gasteiger partial charge on any atom is -0.462 e. The van der Waals surface area contributed by atoms with Gasteiger partial charge in [-0.1, -0.05) is 135 Å². The highest BCUT2D eigenvalue weighted by atomic mass is 16.5. The average molecular weight is 437 g/mol. The van der Waals surface area contributed by atoms with Crippen LogP contribution in [0, 0.1) is 0 Å². The molecule has 0 aliphatic heterocycles. The van der Waals surface area contributed by atoms with Gasteiger partial charge in [0.15, 0.2) is 0 Å². The van der Waals surface area contributed by atoms with Gasteiger partial charge in [0.25, 0.3) is 0 Å². The summed E-state index contributed by atoms with van der Waals surface area (Å²) in [7, 11) is 0. The molecule has 0 saturated heterocycles. The van der Waals surface area contributed by atoms with E-state index >= 15 is 0 Å². The monoisotopic (exact) mass is 436 g/mol. The van der Waals surface area contributed by atoms with Gasteiger partial charge in [-0.2, -0.15) is 0 Å². The van der Waals surface area contributed by atoms with E-state index in [1.807, 2.05) is 6.92 Å². The van der Waals surface area contributed by atoms with E-state index < -0.39 is 0 Å². The Labute approximate surface area is 194 Å². The molecule has 0 aromatic heterocycles. The van der Waals surface area contributed by atoms with Crippen LogP contribution in [-0.2, 0) is 14.3 Å². The second kappa shape index (κ2) is 23.6. The van der Waals surface area contributed by atoms with Gasteiger partial charge < -0.3 is 9.47 Å². The van der Waals surface area contributed by atoms with Crippen LogP contribution >= 0.6 is 0 Å². The predicted octanol–water partition coefficient (Wildman–Crippen LogP) is 8.72. The largest absolute Gasteiger partial charge is 0.462 e. The molecule has 0 spiro atoms. The molecule has 0 N–H and O–H groups in total. The maximum atomic E-state index is 11.8. The Bertz CT molecular complexity index is 442. The lowest BCUT2D eigenvalue weighted by atomic mass is 10.0. The Hall–Kier alpha value is -1.09. The van der Waals surface area contributed by atoms with Crippen molar-refractivity contribution in [2.45, 2.75) is 129 Å². The van der Waals surface area contributed by atoms with Crippen LogP contribution in [0.1, 0.15) is 129 Å². The van der Waals surface area contributed by atoms with Crippen molar-refractivity contribution in [3.63, 3.8) is 0 Å². The maximum absolute atomic E-state index is 11.8. The van der Waals surface area contributed by atoms with Gasteiger partial charge in [0, 0.05) is 0 Å². The summed E-state index contributed by atoms with van der Waals surface area (Å²) in [6.45, 7) is 12.8. The first-order valence-corrected chi connectivity index (χ1v) is 13.1. The summed E-state index contributed by atoms with van der Waals surface area (Å²) < 4.78 is 10.6. The summed E-state index contributed by atoms with van der Waals surface area (Å²) in [5, 5.41) is 0. The number of hydrogen-bond acceptors (Lipinski definition) is 3. The molecule has 0 bridgehead atoms. The second-order valence-electron chi connectivity index (χ2n) is 9.20. The van der Waals surface area contributed by atoms with Gasteiger partial charge in [0.2, 0.25) is 0 Å². The van der Waals surface area contributed by atoms with E-state index in [4.69, 9.17) is 9.47 Å². The smallest absolute Gasteiger partial charge is 0.335 e. The Kier molecular flexibility index (Phi) is 22.7. The summed E-state index contributed by atoms with van der Waals surface area (Å²) in [6, 6.07) is 0. The van der Waals surface area contributed by atoms with E-state index in [1.165, 1.54) is 103 Å². The number of carbonyl (C=O) groups excluding carboxylic acids is 1. The van der Waals surface area contributed by atoms with Crippen LogP contribution in [0.4, 0.5) is 0 Å². The molecule has 182 valence electrons. The fraction of sp³-hybridized carbons (Fsp3) is 0.821. The van der Waals surface area contributed by atoms with Gasteiger partial charge in [-0.15, -0.1) is 0 Å². The summed E-state index contributed by atoms with van der Waals surface area (Å²) in [5.41, 5.74) is 1.31. The number of esters is 1. The summed E-state index contributed by atoms with van der Waals surface area (Å²) in [6.07, 6.45) is 24.4. The zero-order valence-electron chi connectivity index (χ0n) is 21.0. The molecule has 0 aromatic carbocycles. The highest BCUT2D eigenvalue weighted by Crippen LogP contribution is 2.14. The maximum Gasteiger partial charge on any atom is 0.335 e. The van der Waals surface area contributed by atoms with Crippen LogP contribution in [-0.4, -0.2) is 25.8 Å². The lowest BCUT2D eigenvalue weighted by molar-refractivity contribution is -0.139. The summed E-state index contributed by atoms with van der Waals surface area (Å²) in [4.78, 5) is 11.8. The molecule has 0 aliphatic rings. The van der Waals surface area contributed by atoms with Crippen LogP contribution in [0.2, 0.25) is 0 Å². The van der Waals surface area contributed by atoms with Gasteiger partial charge in [-0.25, -0.2) is 4.79 Å². The van der Waals surface area contributed by atoms with Crippen molar-refractivity contribution in [1.82, 2.24) is 0 Å². The molecular weight excluding hydrogens is 384 g/mol. The Morgan fingerprint density at radius 3 is 1.39 bits per heavy atom. The molecular formula is C28H52O3. The fourth-order valence-corrected chi connectivity index (χ4v) is 3.68. The van der Waals surface area contributed by atoms with E-state index in [9.17, 15) is 4.79 Å². The normalized spacial score (nSPS) is 10.9. The van der Waals surface area contributed by atoms with E-state index in [-0.39, 0.29) is 12.6 Å². The molecule has 31 heavy (non-hydrogen) atoms. The fourth-order valence-electron chi connectivity index (χ4n) is 3.68. The zero-order valence-corrected chi connectivity index (χ0v) is 21.0. The number of hydrogen-bond donors (Lipinski definition) is 0. The molecule has 0 saturated carbocycles. The van der Waals surface area contributed by atoms with Gasteiger partial charge in [0.05, 0.1) is 25.4 Å².